The van der Waals surface area contributed by atoms with Crippen LogP contribution < -0.4 is 5.32 Å². The summed E-state index contributed by atoms with van der Waals surface area (Å²) in [4.78, 5) is 18.6. The Kier molecular flexibility index (Phi) is 5.58. The fourth-order valence-electron chi connectivity index (χ4n) is 5.61. The van der Waals surface area contributed by atoms with Gasteiger partial charge in [-0.25, -0.2) is 9.18 Å². The van der Waals surface area contributed by atoms with Crippen LogP contribution in [0.2, 0.25) is 0 Å². The Morgan fingerprint density at radius 1 is 1.12 bits per heavy atom. The van der Waals surface area contributed by atoms with Crippen LogP contribution in [0.1, 0.15) is 30.4 Å². The number of aliphatic hydroxyl groups is 1. The van der Waals surface area contributed by atoms with Gasteiger partial charge in [0.25, 0.3) is 0 Å². The number of hydrogen-bond donors (Lipinski definition) is 2. The van der Waals surface area contributed by atoms with Crippen LogP contribution in [0.5, 0.6) is 0 Å². The molecule has 2 N–H and O–H groups in total. The van der Waals surface area contributed by atoms with Crippen molar-refractivity contribution >= 4 is 6.03 Å². The molecule has 4 saturated heterocycles. The zero-order valence-electron chi connectivity index (χ0n) is 18.2. The first kappa shape index (κ1) is 22.8. The van der Waals surface area contributed by atoms with E-state index in [9.17, 15) is 27.5 Å². The molecule has 1 atom stereocenters. The molecule has 0 saturated carbocycles. The van der Waals surface area contributed by atoms with Crippen molar-refractivity contribution < 1.29 is 32.2 Å². The number of halogens is 4. The highest BCUT2D eigenvalue weighted by molar-refractivity contribution is 5.76. The number of alkyl halides is 3. The number of likely N-dealkylation sites (tertiary alicyclic amines) is 3. The van der Waals surface area contributed by atoms with E-state index in [-0.39, 0.29) is 29.1 Å². The fraction of sp³-hybridized carbons (Fsp3) is 0.682. The van der Waals surface area contributed by atoms with E-state index < -0.39 is 24.0 Å². The molecule has 2 amide bonds. The molecule has 2 spiro atoms. The van der Waals surface area contributed by atoms with Gasteiger partial charge in [-0.2, -0.15) is 13.2 Å². The number of nitrogens with zero attached hydrogens (tertiary/aromatic N) is 3. The third-order valence-electron chi connectivity index (χ3n) is 7.53. The highest BCUT2D eigenvalue weighted by atomic mass is 19.4. The van der Waals surface area contributed by atoms with Gasteiger partial charge < -0.3 is 19.6 Å². The first-order valence-corrected chi connectivity index (χ1v) is 11.3. The number of benzene rings is 1. The minimum Gasteiger partial charge on any atom is -0.356 e. The van der Waals surface area contributed by atoms with Crippen LogP contribution in [0, 0.1) is 11.2 Å². The normalized spacial score (nSPS) is 26.9. The van der Waals surface area contributed by atoms with Crippen LogP contribution in [-0.2, 0) is 17.5 Å². The summed E-state index contributed by atoms with van der Waals surface area (Å²) in [7, 11) is 0. The van der Waals surface area contributed by atoms with Gasteiger partial charge in [-0.1, -0.05) is 6.07 Å². The van der Waals surface area contributed by atoms with Crippen LogP contribution in [0.3, 0.4) is 0 Å². The molecule has 0 aliphatic carbocycles. The van der Waals surface area contributed by atoms with Crippen molar-refractivity contribution in [3.05, 3.63) is 35.1 Å². The van der Waals surface area contributed by atoms with Gasteiger partial charge in [-0.15, -0.1) is 0 Å². The molecule has 0 bridgehead atoms. The van der Waals surface area contributed by atoms with E-state index in [4.69, 9.17) is 4.74 Å². The molecule has 4 aliphatic heterocycles. The van der Waals surface area contributed by atoms with E-state index in [0.717, 1.165) is 38.4 Å². The van der Waals surface area contributed by atoms with E-state index in [0.29, 0.717) is 38.9 Å². The summed E-state index contributed by atoms with van der Waals surface area (Å²) in [5, 5.41) is 12.7. The standard InChI is InChI=1S/C22H28F4N4O3/c23-17-9-16(22(24,25)26)2-1-15(17)10-28-11-20(12-28)3-6-29(7-4-20)19(32)30-13-21(14-30)5-8-33-18(31)27-21/h1-2,9,18,27,31H,3-8,10-14H2. The number of piperidine rings is 1. The van der Waals surface area contributed by atoms with Crippen LogP contribution in [0.15, 0.2) is 18.2 Å². The number of hydrogen-bond acceptors (Lipinski definition) is 5. The van der Waals surface area contributed by atoms with Crippen molar-refractivity contribution in [2.24, 2.45) is 5.41 Å². The fourth-order valence-corrected chi connectivity index (χ4v) is 5.61. The number of ether oxygens (including phenoxy) is 1. The van der Waals surface area contributed by atoms with E-state index in [1.54, 1.807) is 4.90 Å². The Hall–Kier alpha value is -1.95. The second-order valence-electron chi connectivity index (χ2n) is 9.97. The topological polar surface area (TPSA) is 68.3 Å². The van der Waals surface area contributed by atoms with Crippen molar-refractivity contribution in [1.29, 1.82) is 0 Å². The summed E-state index contributed by atoms with van der Waals surface area (Å²) in [5.41, 5.74) is -0.879. The summed E-state index contributed by atoms with van der Waals surface area (Å²) >= 11 is 0. The lowest BCUT2D eigenvalue weighted by Gasteiger charge is -2.56. The molecule has 7 nitrogen and oxygen atoms in total. The number of amides is 2. The quantitative estimate of drug-likeness (QED) is 0.647. The maximum atomic E-state index is 14.1. The number of carbonyl (C=O) groups excluding carboxylic acids is 1. The van der Waals surface area contributed by atoms with Gasteiger partial charge >= 0.3 is 12.2 Å². The highest BCUT2D eigenvalue weighted by Crippen LogP contribution is 2.42. The van der Waals surface area contributed by atoms with Crippen LogP contribution in [0.25, 0.3) is 0 Å². The average Bonchev–Trinajstić information content (AvgIpc) is 2.71. The first-order valence-electron chi connectivity index (χ1n) is 11.3. The van der Waals surface area contributed by atoms with E-state index in [2.05, 4.69) is 5.32 Å². The number of nitrogens with one attached hydrogen (secondary N) is 1. The van der Waals surface area contributed by atoms with E-state index >= 15 is 0 Å². The molecule has 0 radical (unpaired) electrons. The SMILES string of the molecule is O=C(N1CCC2(CC1)CN(Cc1ccc(C(F)(F)F)cc1F)C2)N1CC2(CCOC(O)N2)C1. The molecule has 1 aromatic carbocycles. The van der Waals surface area contributed by atoms with Gasteiger partial charge in [0.2, 0.25) is 6.41 Å². The number of carbonyl (C=O) groups is 1. The van der Waals surface area contributed by atoms with E-state index in [1.807, 2.05) is 9.80 Å². The Bertz CT molecular complexity index is 905. The van der Waals surface area contributed by atoms with Crippen molar-refractivity contribution in [3.8, 4) is 0 Å². The molecule has 5 rings (SSSR count). The number of urea groups is 1. The monoisotopic (exact) mass is 472 g/mol. The number of aliphatic hydroxyl groups excluding tert-OH is 1. The third kappa shape index (κ3) is 4.43. The predicted octanol–water partition coefficient (Wildman–Crippen LogP) is 2.20. The van der Waals surface area contributed by atoms with Crippen LogP contribution >= 0.6 is 0 Å². The van der Waals surface area contributed by atoms with Gasteiger partial charge in [0.15, 0.2) is 0 Å². The Labute approximate surface area is 189 Å². The second kappa shape index (κ2) is 8.07. The molecule has 11 heteroatoms. The zero-order valence-corrected chi connectivity index (χ0v) is 18.2. The maximum Gasteiger partial charge on any atom is 0.416 e. The minimum atomic E-state index is -4.55. The molecule has 4 fully saturated rings. The largest absolute Gasteiger partial charge is 0.416 e. The van der Waals surface area contributed by atoms with Gasteiger partial charge in [0.1, 0.15) is 5.82 Å². The van der Waals surface area contributed by atoms with Gasteiger partial charge in [0.05, 0.1) is 17.7 Å². The second-order valence-corrected chi connectivity index (χ2v) is 9.97. The molecule has 4 aliphatic rings. The van der Waals surface area contributed by atoms with Crippen LogP contribution in [0.4, 0.5) is 22.4 Å². The lowest BCUT2D eigenvalue weighted by molar-refractivity contribution is -0.186. The smallest absolute Gasteiger partial charge is 0.356 e. The first-order chi connectivity index (χ1) is 15.6. The molecule has 33 heavy (non-hydrogen) atoms. The Balaban J connectivity index is 1.08. The number of rotatable bonds is 2. The molecule has 4 heterocycles. The minimum absolute atomic E-state index is 0.0151. The molecular formula is C22H28F4N4O3. The average molecular weight is 472 g/mol. The lowest BCUT2D eigenvalue weighted by atomic mass is 9.72. The highest BCUT2D eigenvalue weighted by Gasteiger charge is 2.50. The predicted molar refractivity (Wildman–Crippen MR) is 109 cm³/mol. The van der Waals surface area contributed by atoms with Crippen molar-refractivity contribution in [2.75, 3.05) is 45.9 Å². The van der Waals surface area contributed by atoms with E-state index in [1.165, 1.54) is 6.07 Å². The molecular weight excluding hydrogens is 444 g/mol. The Morgan fingerprint density at radius 3 is 2.42 bits per heavy atom. The van der Waals surface area contributed by atoms with Crippen molar-refractivity contribution in [3.63, 3.8) is 0 Å². The molecule has 0 aromatic heterocycles. The van der Waals surface area contributed by atoms with Gasteiger partial charge in [-0.3, -0.25) is 10.2 Å². The summed E-state index contributed by atoms with van der Waals surface area (Å²) in [6.45, 7) is 4.69. The van der Waals surface area contributed by atoms with Crippen molar-refractivity contribution in [2.45, 2.75) is 43.9 Å². The summed E-state index contributed by atoms with van der Waals surface area (Å²) < 4.78 is 57.4. The van der Waals surface area contributed by atoms with Gasteiger partial charge in [0, 0.05) is 51.4 Å². The Morgan fingerprint density at radius 2 is 1.82 bits per heavy atom. The van der Waals surface area contributed by atoms with Crippen molar-refractivity contribution in [1.82, 2.24) is 20.0 Å². The van der Waals surface area contributed by atoms with Gasteiger partial charge in [-0.05, 0) is 36.8 Å². The summed E-state index contributed by atoms with van der Waals surface area (Å²) in [5.74, 6) is -0.829. The summed E-state index contributed by atoms with van der Waals surface area (Å²) in [6.07, 6.45) is -3.07. The maximum absolute atomic E-state index is 14.1. The molecule has 182 valence electrons. The lowest BCUT2D eigenvalue weighted by Crippen LogP contribution is -2.75. The summed E-state index contributed by atoms with van der Waals surface area (Å²) in [6, 6.07) is 2.72. The van der Waals surface area contributed by atoms with Crippen LogP contribution in [-0.4, -0.2) is 83.7 Å². The molecule has 1 unspecified atom stereocenters. The molecule has 1 aromatic rings. The third-order valence-corrected chi connectivity index (χ3v) is 7.53. The zero-order chi connectivity index (χ0) is 23.4.